The maximum Gasteiger partial charge on any atom is 0.0642 e. The van der Waals surface area contributed by atoms with Crippen LogP contribution in [0.25, 0.3) is 0 Å². The van der Waals surface area contributed by atoms with Crippen molar-refractivity contribution in [2.45, 2.75) is 19.0 Å². The molecule has 18 heavy (non-hydrogen) atoms. The number of rotatable bonds is 2. The Kier molecular flexibility index (Phi) is 3.19. The average Bonchev–Trinajstić information content (AvgIpc) is 2.81. The highest BCUT2D eigenvalue weighted by molar-refractivity contribution is 6.33. The maximum atomic E-state index is 6.33. The molecular formula is C15H13Cl2N. The van der Waals surface area contributed by atoms with Gasteiger partial charge in [0.15, 0.2) is 0 Å². The fourth-order valence-electron chi connectivity index (χ4n) is 2.39. The molecule has 2 aromatic carbocycles. The second-order valence-corrected chi connectivity index (χ2v) is 5.22. The Morgan fingerprint density at radius 2 is 1.67 bits per heavy atom. The SMILES string of the molecule is ClCc1ccc(N2Cc3ccccc3C2)c(Cl)c1. The summed E-state index contributed by atoms with van der Waals surface area (Å²) >= 11 is 12.1. The van der Waals surface area contributed by atoms with E-state index in [1.807, 2.05) is 12.1 Å². The first-order chi connectivity index (χ1) is 8.78. The molecule has 0 atom stereocenters. The Morgan fingerprint density at radius 1 is 1.00 bits per heavy atom. The third kappa shape index (κ3) is 2.09. The topological polar surface area (TPSA) is 3.24 Å². The first-order valence-electron chi connectivity index (χ1n) is 5.94. The van der Waals surface area contributed by atoms with E-state index >= 15 is 0 Å². The van der Waals surface area contributed by atoms with Crippen molar-refractivity contribution in [3.05, 3.63) is 64.2 Å². The van der Waals surface area contributed by atoms with E-state index < -0.39 is 0 Å². The number of fused-ring (bicyclic) bond motifs is 1. The standard InChI is InChI=1S/C15H13Cl2N/c16-8-11-5-6-15(14(17)7-11)18-9-12-3-1-2-4-13(12)10-18/h1-7H,8-10H2. The molecule has 0 aliphatic carbocycles. The van der Waals surface area contributed by atoms with Crippen molar-refractivity contribution in [3.63, 3.8) is 0 Å². The number of anilines is 1. The van der Waals surface area contributed by atoms with E-state index in [9.17, 15) is 0 Å². The van der Waals surface area contributed by atoms with Crippen LogP contribution in [-0.4, -0.2) is 0 Å². The second-order valence-electron chi connectivity index (χ2n) is 4.54. The lowest BCUT2D eigenvalue weighted by Gasteiger charge is -2.19. The third-order valence-electron chi connectivity index (χ3n) is 3.35. The Labute approximate surface area is 117 Å². The normalized spacial score (nSPS) is 13.8. The molecule has 92 valence electrons. The van der Waals surface area contributed by atoms with E-state index in [2.05, 4.69) is 35.2 Å². The van der Waals surface area contributed by atoms with Crippen LogP contribution in [0.4, 0.5) is 5.69 Å². The second kappa shape index (κ2) is 4.83. The fourth-order valence-corrected chi connectivity index (χ4v) is 2.88. The maximum absolute atomic E-state index is 6.33. The van der Waals surface area contributed by atoms with Crippen LogP contribution in [-0.2, 0) is 19.0 Å². The summed E-state index contributed by atoms with van der Waals surface area (Å²) in [5.41, 5.74) is 4.91. The van der Waals surface area contributed by atoms with Crippen molar-refractivity contribution >= 4 is 28.9 Å². The molecule has 1 aliphatic heterocycles. The number of hydrogen-bond acceptors (Lipinski definition) is 1. The summed E-state index contributed by atoms with van der Waals surface area (Å²) in [4.78, 5) is 2.30. The minimum Gasteiger partial charge on any atom is -0.362 e. The summed E-state index contributed by atoms with van der Waals surface area (Å²) in [6.45, 7) is 1.85. The molecule has 0 radical (unpaired) electrons. The quantitative estimate of drug-likeness (QED) is 0.726. The van der Waals surface area contributed by atoms with Gasteiger partial charge in [-0.25, -0.2) is 0 Å². The minimum absolute atomic E-state index is 0.500. The van der Waals surface area contributed by atoms with E-state index in [0.29, 0.717) is 5.88 Å². The highest BCUT2D eigenvalue weighted by Gasteiger charge is 2.20. The van der Waals surface area contributed by atoms with Crippen LogP contribution in [0.5, 0.6) is 0 Å². The van der Waals surface area contributed by atoms with Gasteiger partial charge in [-0.05, 0) is 28.8 Å². The molecule has 0 saturated heterocycles. The van der Waals surface area contributed by atoms with Gasteiger partial charge >= 0.3 is 0 Å². The molecule has 2 aromatic rings. The van der Waals surface area contributed by atoms with Crippen LogP contribution in [0, 0.1) is 0 Å². The molecule has 0 N–H and O–H groups in total. The van der Waals surface area contributed by atoms with E-state index in [-0.39, 0.29) is 0 Å². The Bertz CT molecular complexity index is 555. The molecule has 1 aliphatic rings. The van der Waals surface area contributed by atoms with Gasteiger partial charge in [-0.1, -0.05) is 41.9 Å². The van der Waals surface area contributed by atoms with Gasteiger partial charge in [0.2, 0.25) is 0 Å². The summed E-state index contributed by atoms with van der Waals surface area (Å²) in [5.74, 6) is 0.500. The first kappa shape index (κ1) is 11.9. The summed E-state index contributed by atoms with van der Waals surface area (Å²) in [6, 6.07) is 14.6. The van der Waals surface area contributed by atoms with Crippen LogP contribution in [0.15, 0.2) is 42.5 Å². The molecule has 0 unspecified atom stereocenters. The number of hydrogen-bond donors (Lipinski definition) is 0. The van der Waals surface area contributed by atoms with Crippen molar-refractivity contribution in [3.8, 4) is 0 Å². The zero-order valence-corrected chi connectivity index (χ0v) is 11.4. The summed E-state index contributed by atoms with van der Waals surface area (Å²) in [7, 11) is 0. The molecule has 0 fully saturated rings. The van der Waals surface area contributed by atoms with Crippen LogP contribution in [0.3, 0.4) is 0 Å². The number of alkyl halides is 1. The summed E-state index contributed by atoms with van der Waals surface area (Å²) in [6.07, 6.45) is 0. The van der Waals surface area contributed by atoms with Crippen LogP contribution >= 0.6 is 23.2 Å². The predicted molar refractivity (Wildman–Crippen MR) is 77.3 cm³/mol. The lowest BCUT2D eigenvalue weighted by atomic mass is 10.1. The molecular weight excluding hydrogens is 265 g/mol. The number of benzene rings is 2. The average molecular weight is 278 g/mol. The molecule has 3 heteroatoms. The Hall–Kier alpha value is -1.18. The van der Waals surface area contributed by atoms with Crippen molar-refractivity contribution in [2.75, 3.05) is 4.90 Å². The van der Waals surface area contributed by atoms with Gasteiger partial charge in [-0.15, -0.1) is 11.6 Å². The van der Waals surface area contributed by atoms with Crippen molar-refractivity contribution < 1.29 is 0 Å². The molecule has 0 spiro atoms. The van der Waals surface area contributed by atoms with Crippen molar-refractivity contribution in [1.29, 1.82) is 0 Å². The Morgan fingerprint density at radius 3 is 2.22 bits per heavy atom. The molecule has 1 heterocycles. The third-order valence-corrected chi connectivity index (χ3v) is 3.96. The van der Waals surface area contributed by atoms with Gasteiger partial charge in [0.05, 0.1) is 10.7 Å². The van der Waals surface area contributed by atoms with Crippen LogP contribution < -0.4 is 4.90 Å². The molecule has 0 saturated carbocycles. The molecule has 3 rings (SSSR count). The van der Waals surface area contributed by atoms with E-state index in [4.69, 9.17) is 23.2 Å². The zero-order valence-electron chi connectivity index (χ0n) is 9.87. The summed E-state index contributed by atoms with van der Waals surface area (Å²) < 4.78 is 0. The molecule has 0 amide bonds. The van der Waals surface area contributed by atoms with Gasteiger partial charge in [-0.2, -0.15) is 0 Å². The van der Waals surface area contributed by atoms with Gasteiger partial charge in [0.25, 0.3) is 0 Å². The van der Waals surface area contributed by atoms with E-state index in [1.54, 1.807) is 0 Å². The van der Waals surface area contributed by atoms with Gasteiger partial charge < -0.3 is 4.90 Å². The first-order valence-corrected chi connectivity index (χ1v) is 6.85. The largest absolute Gasteiger partial charge is 0.362 e. The monoisotopic (exact) mass is 277 g/mol. The highest BCUT2D eigenvalue weighted by Crippen LogP contribution is 2.33. The molecule has 1 nitrogen and oxygen atoms in total. The molecule has 0 bridgehead atoms. The number of halogens is 2. The van der Waals surface area contributed by atoms with Gasteiger partial charge in [-0.3, -0.25) is 0 Å². The van der Waals surface area contributed by atoms with E-state index in [1.165, 1.54) is 11.1 Å². The van der Waals surface area contributed by atoms with E-state index in [0.717, 1.165) is 29.4 Å². The van der Waals surface area contributed by atoms with Crippen molar-refractivity contribution in [2.24, 2.45) is 0 Å². The minimum atomic E-state index is 0.500. The fraction of sp³-hybridized carbons (Fsp3) is 0.200. The molecule has 0 aromatic heterocycles. The lowest BCUT2D eigenvalue weighted by molar-refractivity contribution is 0.880. The Balaban J connectivity index is 1.90. The number of nitrogens with zero attached hydrogens (tertiary/aromatic N) is 1. The lowest BCUT2D eigenvalue weighted by Crippen LogP contribution is -2.14. The van der Waals surface area contributed by atoms with Gasteiger partial charge in [0, 0.05) is 19.0 Å². The highest BCUT2D eigenvalue weighted by atomic mass is 35.5. The summed E-state index contributed by atoms with van der Waals surface area (Å²) in [5, 5.41) is 0.779. The van der Waals surface area contributed by atoms with Crippen LogP contribution in [0.2, 0.25) is 5.02 Å². The van der Waals surface area contributed by atoms with Crippen molar-refractivity contribution in [1.82, 2.24) is 0 Å². The zero-order chi connectivity index (χ0) is 12.5. The smallest absolute Gasteiger partial charge is 0.0642 e. The van der Waals surface area contributed by atoms with Crippen LogP contribution in [0.1, 0.15) is 16.7 Å². The van der Waals surface area contributed by atoms with Gasteiger partial charge in [0.1, 0.15) is 0 Å². The predicted octanol–water partition coefficient (Wildman–Crippen LogP) is 4.60.